The van der Waals surface area contributed by atoms with Crippen LogP contribution >= 0.6 is 0 Å². The second kappa shape index (κ2) is 11.8. The van der Waals surface area contributed by atoms with Crippen LogP contribution in [-0.2, 0) is 38.5 Å². The van der Waals surface area contributed by atoms with E-state index in [2.05, 4.69) is 53.7 Å². The number of hydrogen-bond donors (Lipinski definition) is 0. The molecule has 3 rings (SSSR count). The lowest BCUT2D eigenvalue weighted by Crippen LogP contribution is -2.08. The summed E-state index contributed by atoms with van der Waals surface area (Å²) in [5.41, 5.74) is 9.30. The maximum atomic E-state index is 12.4. The van der Waals surface area contributed by atoms with Gasteiger partial charge in [0, 0.05) is 11.1 Å². The van der Waals surface area contributed by atoms with Crippen molar-refractivity contribution < 1.29 is 9.59 Å². The molecule has 0 N–H and O–H groups in total. The van der Waals surface area contributed by atoms with Gasteiger partial charge in [0.2, 0.25) is 0 Å². The van der Waals surface area contributed by atoms with Crippen LogP contribution in [0.3, 0.4) is 0 Å². The SMILES string of the molecule is CCCCc1c(C=O)c(C=O)c(CCCC)c2cc3c(CC)c(CC)c(CC)c(CC)c3cc12. The topological polar surface area (TPSA) is 34.1 Å². The Kier molecular flexibility index (Phi) is 9.05. The first kappa shape index (κ1) is 26.1. The Morgan fingerprint density at radius 3 is 1.09 bits per heavy atom. The average Bonchev–Trinajstić information content (AvgIpc) is 2.87. The molecule has 3 aromatic carbocycles. The third-order valence-corrected chi connectivity index (χ3v) is 7.70. The Labute approximate surface area is 206 Å². The van der Waals surface area contributed by atoms with E-state index in [1.54, 1.807) is 0 Å². The number of fused-ring (bicyclic) bond motifs is 2. The van der Waals surface area contributed by atoms with Crippen LogP contribution in [0.5, 0.6) is 0 Å². The second-order valence-electron chi connectivity index (χ2n) is 9.50. The van der Waals surface area contributed by atoms with Crippen molar-refractivity contribution in [1.29, 1.82) is 0 Å². The highest BCUT2D eigenvalue weighted by molar-refractivity contribution is 6.10. The maximum Gasteiger partial charge on any atom is 0.151 e. The lowest BCUT2D eigenvalue weighted by atomic mass is 9.80. The number of carbonyl (C=O) groups is 2. The van der Waals surface area contributed by atoms with Crippen LogP contribution in [0, 0.1) is 0 Å². The molecule has 0 aliphatic rings. The molecule has 0 unspecified atom stereocenters. The zero-order valence-corrected chi connectivity index (χ0v) is 22.2. The molecule has 34 heavy (non-hydrogen) atoms. The molecule has 0 radical (unpaired) electrons. The summed E-state index contributed by atoms with van der Waals surface area (Å²) in [6.07, 6.45) is 11.8. The predicted octanol–water partition coefficient (Wildman–Crippen LogP) is 8.55. The largest absolute Gasteiger partial charge is 0.298 e. The molecule has 0 heterocycles. The molecule has 0 bridgehead atoms. The average molecular weight is 459 g/mol. The van der Waals surface area contributed by atoms with Gasteiger partial charge in [0.05, 0.1) is 0 Å². The second-order valence-corrected chi connectivity index (χ2v) is 9.50. The fourth-order valence-corrected chi connectivity index (χ4v) is 6.08. The summed E-state index contributed by atoms with van der Waals surface area (Å²) in [5, 5.41) is 5.05. The van der Waals surface area contributed by atoms with Crippen molar-refractivity contribution in [1.82, 2.24) is 0 Å². The first-order valence-electron chi connectivity index (χ1n) is 13.6. The van der Waals surface area contributed by atoms with Crippen LogP contribution in [0.25, 0.3) is 21.5 Å². The van der Waals surface area contributed by atoms with Crippen molar-refractivity contribution in [3.05, 3.63) is 56.6 Å². The van der Waals surface area contributed by atoms with Crippen LogP contribution in [0.4, 0.5) is 0 Å². The van der Waals surface area contributed by atoms with E-state index in [1.165, 1.54) is 43.8 Å². The molecular weight excluding hydrogens is 416 g/mol. The Morgan fingerprint density at radius 2 is 0.824 bits per heavy atom. The van der Waals surface area contributed by atoms with Crippen molar-refractivity contribution in [2.24, 2.45) is 0 Å². The molecule has 0 saturated carbocycles. The third-order valence-electron chi connectivity index (χ3n) is 7.70. The van der Waals surface area contributed by atoms with Gasteiger partial charge in [0.1, 0.15) is 0 Å². The van der Waals surface area contributed by atoms with E-state index in [0.717, 1.165) is 87.9 Å². The van der Waals surface area contributed by atoms with Gasteiger partial charge in [-0.2, -0.15) is 0 Å². The van der Waals surface area contributed by atoms with E-state index >= 15 is 0 Å². The van der Waals surface area contributed by atoms with Crippen molar-refractivity contribution in [2.45, 2.75) is 106 Å². The summed E-state index contributed by atoms with van der Waals surface area (Å²) < 4.78 is 0. The summed E-state index contributed by atoms with van der Waals surface area (Å²) in [7, 11) is 0. The minimum absolute atomic E-state index is 0.621. The van der Waals surface area contributed by atoms with Gasteiger partial charge in [-0.05, 0) is 118 Å². The summed E-state index contributed by atoms with van der Waals surface area (Å²) in [6.45, 7) is 13.4. The van der Waals surface area contributed by atoms with Crippen LogP contribution in [0.15, 0.2) is 12.1 Å². The fourth-order valence-electron chi connectivity index (χ4n) is 6.08. The molecule has 0 aliphatic heterocycles. The minimum atomic E-state index is 0.621. The first-order valence-corrected chi connectivity index (χ1v) is 13.6. The number of rotatable bonds is 12. The van der Waals surface area contributed by atoms with Gasteiger partial charge in [-0.15, -0.1) is 0 Å². The number of aryl methyl sites for hydroxylation is 4. The first-order chi connectivity index (χ1) is 16.6. The molecule has 0 aromatic heterocycles. The van der Waals surface area contributed by atoms with Crippen molar-refractivity contribution in [3.63, 3.8) is 0 Å². The molecule has 0 aliphatic carbocycles. The minimum Gasteiger partial charge on any atom is -0.298 e. The van der Waals surface area contributed by atoms with Crippen LogP contribution < -0.4 is 0 Å². The molecule has 0 fully saturated rings. The molecule has 2 nitrogen and oxygen atoms in total. The number of carbonyl (C=O) groups excluding carboxylic acids is 2. The third kappa shape index (κ3) is 4.44. The van der Waals surface area contributed by atoms with Gasteiger partial charge in [0.15, 0.2) is 12.6 Å². The zero-order chi connectivity index (χ0) is 24.8. The molecule has 0 atom stereocenters. The molecule has 0 spiro atoms. The van der Waals surface area contributed by atoms with Gasteiger partial charge in [0.25, 0.3) is 0 Å². The highest BCUT2D eigenvalue weighted by atomic mass is 16.1. The normalized spacial score (nSPS) is 11.5. The summed E-state index contributed by atoms with van der Waals surface area (Å²) >= 11 is 0. The van der Waals surface area contributed by atoms with Crippen molar-refractivity contribution in [2.75, 3.05) is 0 Å². The van der Waals surface area contributed by atoms with Crippen molar-refractivity contribution in [3.8, 4) is 0 Å². The summed E-state index contributed by atoms with van der Waals surface area (Å²) in [4.78, 5) is 24.7. The number of aldehydes is 2. The molecule has 3 aromatic rings. The van der Waals surface area contributed by atoms with Crippen LogP contribution in [0.2, 0.25) is 0 Å². The van der Waals surface area contributed by atoms with E-state index in [9.17, 15) is 9.59 Å². The molecule has 182 valence electrons. The van der Waals surface area contributed by atoms with Gasteiger partial charge in [-0.25, -0.2) is 0 Å². The van der Waals surface area contributed by atoms with Gasteiger partial charge < -0.3 is 0 Å². The Bertz CT molecular complexity index is 1110. The quantitative estimate of drug-likeness (QED) is 0.201. The molecule has 2 heteroatoms. The van der Waals surface area contributed by atoms with E-state index in [-0.39, 0.29) is 0 Å². The Hall–Kier alpha value is -2.48. The Balaban J connectivity index is 2.62. The van der Waals surface area contributed by atoms with E-state index in [4.69, 9.17) is 0 Å². The predicted molar refractivity (Wildman–Crippen MR) is 147 cm³/mol. The highest BCUT2D eigenvalue weighted by Gasteiger charge is 2.22. The van der Waals surface area contributed by atoms with E-state index in [0.29, 0.717) is 11.1 Å². The fraction of sp³-hybridized carbons (Fsp3) is 0.500. The molecular formula is C32H42O2. The van der Waals surface area contributed by atoms with Crippen molar-refractivity contribution >= 4 is 34.1 Å². The lowest BCUT2D eigenvalue weighted by molar-refractivity contribution is 0.109. The van der Waals surface area contributed by atoms with Gasteiger partial charge in [-0.1, -0.05) is 54.4 Å². The molecule has 0 amide bonds. The van der Waals surface area contributed by atoms with Crippen LogP contribution in [-0.4, -0.2) is 12.6 Å². The Morgan fingerprint density at radius 1 is 0.500 bits per heavy atom. The van der Waals surface area contributed by atoms with Gasteiger partial charge >= 0.3 is 0 Å². The smallest absolute Gasteiger partial charge is 0.151 e. The number of benzene rings is 3. The highest BCUT2D eigenvalue weighted by Crippen LogP contribution is 2.39. The zero-order valence-electron chi connectivity index (χ0n) is 22.2. The van der Waals surface area contributed by atoms with Crippen LogP contribution in [0.1, 0.15) is 121 Å². The van der Waals surface area contributed by atoms with Gasteiger partial charge in [-0.3, -0.25) is 9.59 Å². The van der Waals surface area contributed by atoms with E-state index in [1.807, 2.05) is 0 Å². The maximum absolute atomic E-state index is 12.4. The lowest BCUT2D eigenvalue weighted by Gasteiger charge is -2.23. The van der Waals surface area contributed by atoms with E-state index < -0.39 is 0 Å². The summed E-state index contributed by atoms with van der Waals surface area (Å²) in [5.74, 6) is 0. The number of unbranched alkanes of at least 4 members (excludes halogenated alkanes) is 2. The molecule has 0 saturated heterocycles. The number of hydrogen-bond acceptors (Lipinski definition) is 2. The summed E-state index contributed by atoms with van der Waals surface area (Å²) in [6, 6.07) is 4.76. The monoisotopic (exact) mass is 458 g/mol. The standard InChI is InChI=1S/C32H42O2/c1-7-13-15-25-29-17-27-23(11-5)21(9-3)22(10-4)24(12-6)28(27)18-30(29)26(16-14-8-2)32(20-34)31(25)19-33/h17-20H,7-16H2,1-6H3.